The molecule has 0 amide bonds. The minimum atomic E-state index is -3.88. The Morgan fingerprint density at radius 3 is 2.25 bits per heavy atom. The van der Waals surface area contributed by atoms with Crippen molar-refractivity contribution >= 4 is 10.0 Å². The van der Waals surface area contributed by atoms with Crippen molar-refractivity contribution in [2.24, 2.45) is 0 Å². The van der Waals surface area contributed by atoms with Gasteiger partial charge in [-0.15, -0.1) is 0 Å². The molecule has 0 N–H and O–H groups in total. The van der Waals surface area contributed by atoms with Crippen molar-refractivity contribution in [1.82, 2.24) is 4.31 Å². The summed E-state index contributed by atoms with van der Waals surface area (Å²) in [5.41, 5.74) is 0. The molecule has 0 unspecified atom stereocenters. The Labute approximate surface area is 119 Å². The predicted octanol–water partition coefficient (Wildman–Crippen LogP) is 2.26. The topological polar surface area (TPSA) is 55.8 Å². The molecule has 114 valence electrons. The number of halogens is 1. The van der Waals surface area contributed by atoms with E-state index in [-0.39, 0.29) is 11.5 Å². The van der Waals surface area contributed by atoms with Crippen LogP contribution in [0.2, 0.25) is 0 Å². The molecule has 20 heavy (non-hydrogen) atoms. The van der Waals surface area contributed by atoms with Crippen molar-refractivity contribution in [3.63, 3.8) is 0 Å². The molecule has 0 aromatic heterocycles. The molecule has 0 saturated carbocycles. The third kappa shape index (κ3) is 3.40. The molecule has 0 heterocycles. The first kappa shape index (κ1) is 16.7. The second kappa shape index (κ2) is 6.90. The van der Waals surface area contributed by atoms with Gasteiger partial charge in [-0.1, -0.05) is 13.3 Å². The van der Waals surface area contributed by atoms with E-state index in [1.807, 2.05) is 6.92 Å². The zero-order valence-electron chi connectivity index (χ0n) is 12.1. The van der Waals surface area contributed by atoms with E-state index >= 15 is 0 Å². The van der Waals surface area contributed by atoms with E-state index in [0.717, 1.165) is 22.9 Å². The molecule has 7 heteroatoms. The molecule has 0 aliphatic heterocycles. The highest BCUT2D eigenvalue weighted by molar-refractivity contribution is 7.89. The van der Waals surface area contributed by atoms with E-state index in [0.29, 0.717) is 13.0 Å². The Balaban J connectivity index is 3.24. The van der Waals surface area contributed by atoms with Gasteiger partial charge in [-0.2, -0.15) is 0 Å². The molecule has 0 atom stereocenters. The fraction of sp³-hybridized carbons (Fsp3) is 0.538. The lowest BCUT2D eigenvalue weighted by molar-refractivity contribution is 0.349. The summed E-state index contributed by atoms with van der Waals surface area (Å²) in [6, 6.07) is 2.16. The summed E-state index contributed by atoms with van der Waals surface area (Å²) >= 11 is 0. The van der Waals surface area contributed by atoms with Crippen LogP contribution in [0, 0.1) is 5.82 Å². The molecule has 0 aliphatic rings. The van der Waals surface area contributed by atoms with Crippen molar-refractivity contribution in [2.45, 2.75) is 24.7 Å². The summed E-state index contributed by atoms with van der Waals surface area (Å²) < 4.78 is 49.7. The molecule has 5 nitrogen and oxygen atoms in total. The van der Waals surface area contributed by atoms with Gasteiger partial charge in [0.25, 0.3) is 0 Å². The highest BCUT2D eigenvalue weighted by Gasteiger charge is 2.26. The first-order valence-electron chi connectivity index (χ1n) is 6.26. The van der Waals surface area contributed by atoms with E-state index < -0.39 is 20.7 Å². The Kier molecular flexibility index (Phi) is 5.76. The molecular formula is C13H20FNO4S. The van der Waals surface area contributed by atoms with E-state index in [2.05, 4.69) is 0 Å². The van der Waals surface area contributed by atoms with Gasteiger partial charge in [0, 0.05) is 25.7 Å². The van der Waals surface area contributed by atoms with Crippen LogP contribution in [0.1, 0.15) is 19.8 Å². The molecule has 0 saturated heterocycles. The molecule has 1 rings (SSSR count). The Hall–Kier alpha value is -1.34. The summed E-state index contributed by atoms with van der Waals surface area (Å²) in [6.45, 7) is 2.30. The van der Waals surface area contributed by atoms with E-state index in [1.54, 1.807) is 0 Å². The van der Waals surface area contributed by atoms with Gasteiger partial charge in [0.1, 0.15) is 10.7 Å². The monoisotopic (exact) mass is 305 g/mol. The number of ether oxygens (including phenoxy) is 2. The molecule has 0 aliphatic carbocycles. The summed E-state index contributed by atoms with van der Waals surface area (Å²) in [6.07, 6.45) is 1.57. The summed E-state index contributed by atoms with van der Waals surface area (Å²) in [5, 5.41) is 0. The number of unbranched alkanes of at least 4 members (excludes halogenated alkanes) is 1. The van der Waals surface area contributed by atoms with Crippen LogP contribution in [-0.4, -0.2) is 40.5 Å². The first-order chi connectivity index (χ1) is 9.38. The lowest BCUT2D eigenvalue weighted by atomic mass is 10.3. The van der Waals surface area contributed by atoms with Crippen molar-refractivity contribution < 1.29 is 22.3 Å². The first-order valence-corrected chi connectivity index (χ1v) is 7.70. The fourth-order valence-electron chi connectivity index (χ4n) is 1.70. The zero-order valence-corrected chi connectivity index (χ0v) is 13.0. The van der Waals surface area contributed by atoms with Crippen molar-refractivity contribution in [3.8, 4) is 11.5 Å². The Bertz CT molecular complexity index is 560. The van der Waals surface area contributed by atoms with Gasteiger partial charge in [0.15, 0.2) is 11.5 Å². The average molecular weight is 305 g/mol. The molecule has 0 fully saturated rings. The normalized spacial score (nSPS) is 11.7. The van der Waals surface area contributed by atoms with Gasteiger partial charge in [-0.25, -0.2) is 17.1 Å². The molecule has 1 aromatic rings. The van der Waals surface area contributed by atoms with Gasteiger partial charge in [0.05, 0.1) is 14.2 Å². The maximum atomic E-state index is 14.0. The van der Waals surface area contributed by atoms with Crippen LogP contribution >= 0.6 is 0 Å². The van der Waals surface area contributed by atoms with Gasteiger partial charge in [-0.3, -0.25) is 0 Å². The SMILES string of the molecule is CCCCN(C)S(=O)(=O)c1cc(OC)c(OC)cc1F. The third-order valence-electron chi connectivity index (χ3n) is 2.95. The van der Waals surface area contributed by atoms with Crippen LogP contribution in [0.5, 0.6) is 11.5 Å². The quantitative estimate of drug-likeness (QED) is 0.775. The molecule has 0 spiro atoms. The predicted molar refractivity (Wildman–Crippen MR) is 74.2 cm³/mol. The lowest BCUT2D eigenvalue weighted by Crippen LogP contribution is -2.28. The van der Waals surface area contributed by atoms with E-state index in [9.17, 15) is 12.8 Å². The second-order valence-electron chi connectivity index (χ2n) is 4.32. The van der Waals surface area contributed by atoms with Gasteiger partial charge in [0.2, 0.25) is 10.0 Å². The van der Waals surface area contributed by atoms with Crippen molar-refractivity contribution in [3.05, 3.63) is 17.9 Å². The molecule has 0 bridgehead atoms. The van der Waals surface area contributed by atoms with Crippen molar-refractivity contribution in [2.75, 3.05) is 27.8 Å². The molecule has 0 radical (unpaired) electrons. The van der Waals surface area contributed by atoms with Gasteiger partial charge < -0.3 is 9.47 Å². The van der Waals surface area contributed by atoms with Crippen LogP contribution in [0.15, 0.2) is 17.0 Å². The fourth-order valence-corrected chi connectivity index (χ4v) is 2.97. The lowest BCUT2D eigenvalue weighted by Gasteiger charge is -2.18. The molecule has 1 aromatic carbocycles. The average Bonchev–Trinajstić information content (AvgIpc) is 2.43. The number of methoxy groups -OCH3 is 2. The minimum Gasteiger partial charge on any atom is -0.493 e. The maximum Gasteiger partial charge on any atom is 0.245 e. The second-order valence-corrected chi connectivity index (χ2v) is 6.33. The van der Waals surface area contributed by atoms with Gasteiger partial charge >= 0.3 is 0 Å². The highest BCUT2D eigenvalue weighted by atomic mass is 32.2. The molecular weight excluding hydrogens is 285 g/mol. The number of hydrogen-bond acceptors (Lipinski definition) is 4. The summed E-state index contributed by atoms with van der Waals surface area (Å²) in [5.74, 6) is -0.525. The number of rotatable bonds is 7. The van der Waals surface area contributed by atoms with Gasteiger partial charge in [-0.05, 0) is 6.42 Å². The number of nitrogens with zero attached hydrogens (tertiary/aromatic N) is 1. The smallest absolute Gasteiger partial charge is 0.245 e. The maximum absolute atomic E-state index is 14.0. The van der Waals surface area contributed by atoms with Crippen LogP contribution in [0.4, 0.5) is 4.39 Å². The Morgan fingerprint density at radius 2 is 1.75 bits per heavy atom. The number of sulfonamides is 1. The minimum absolute atomic E-state index is 0.153. The Morgan fingerprint density at radius 1 is 1.20 bits per heavy atom. The summed E-state index contributed by atoms with van der Waals surface area (Å²) in [7, 11) is 0.283. The summed E-state index contributed by atoms with van der Waals surface area (Å²) in [4.78, 5) is -0.409. The van der Waals surface area contributed by atoms with Crippen molar-refractivity contribution in [1.29, 1.82) is 0 Å². The van der Waals surface area contributed by atoms with E-state index in [4.69, 9.17) is 9.47 Å². The largest absolute Gasteiger partial charge is 0.493 e. The number of hydrogen-bond donors (Lipinski definition) is 0. The van der Waals surface area contributed by atoms with Crippen LogP contribution < -0.4 is 9.47 Å². The van der Waals surface area contributed by atoms with E-state index in [1.165, 1.54) is 21.3 Å². The zero-order chi connectivity index (χ0) is 15.3. The third-order valence-corrected chi connectivity index (χ3v) is 4.82. The van der Waals surface area contributed by atoms with Crippen LogP contribution in [0.25, 0.3) is 0 Å². The number of benzene rings is 1. The van der Waals surface area contributed by atoms with Crippen LogP contribution in [0.3, 0.4) is 0 Å². The van der Waals surface area contributed by atoms with Crippen LogP contribution in [-0.2, 0) is 10.0 Å². The highest BCUT2D eigenvalue weighted by Crippen LogP contribution is 2.32. The standard InChI is InChI=1S/C13H20FNO4S/c1-5-6-7-15(2)20(16,17)13-9-12(19-4)11(18-3)8-10(13)14/h8-9H,5-7H2,1-4H3.